The molecule has 1 aromatic carbocycles. The summed E-state index contributed by atoms with van der Waals surface area (Å²) in [6, 6.07) is 7.77. The minimum absolute atomic E-state index is 0.104. The van der Waals surface area contributed by atoms with E-state index in [0.717, 1.165) is 18.0 Å². The molecule has 0 aromatic heterocycles. The van der Waals surface area contributed by atoms with Gasteiger partial charge in [-0.05, 0) is 19.1 Å². The zero-order valence-electron chi connectivity index (χ0n) is 9.56. The molecule has 4 nitrogen and oxygen atoms in total. The van der Waals surface area contributed by atoms with E-state index in [1.165, 1.54) is 0 Å². The maximum atomic E-state index is 11.8. The molecule has 16 heavy (non-hydrogen) atoms. The number of amides is 1. The van der Waals surface area contributed by atoms with E-state index < -0.39 is 0 Å². The van der Waals surface area contributed by atoms with Crippen LogP contribution in [0.4, 0.5) is 5.69 Å². The highest BCUT2D eigenvalue weighted by Gasteiger charge is 2.25. The predicted octanol–water partition coefficient (Wildman–Crippen LogP) is 1.02. The van der Waals surface area contributed by atoms with Crippen molar-refractivity contribution in [3.8, 4) is 5.75 Å². The number of benzene rings is 1. The second kappa shape index (κ2) is 4.53. The number of hydrogen-bond donors (Lipinski definition) is 1. The lowest BCUT2D eigenvalue weighted by molar-refractivity contribution is -0.119. The van der Waals surface area contributed by atoms with Crippen LogP contribution in [-0.2, 0) is 4.79 Å². The number of piperazine rings is 1. The van der Waals surface area contributed by atoms with Crippen LogP contribution >= 0.6 is 0 Å². The van der Waals surface area contributed by atoms with Crippen LogP contribution in [0.5, 0.6) is 5.75 Å². The number of ether oxygens (including phenoxy) is 1. The summed E-state index contributed by atoms with van der Waals surface area (Å²) in [4.78, 5) is 13.6. The maximum Gasteiger partial charge on any atom is 0.241 e. The van der Waals surface area contributed by atoms with Crippen LogP contribution < -0.4 is 15.0 Å². The zero-order valence-corrected chi connectivity index (χ0v) is 9.56. The van der Waals surface area contributed by atoms with Gasteiger partial charge in [0, 0.05) is 24.3 Å². The number of carbonyl (C=O) groups excluding carboxylic acids is 1. The lowest BCUT2D eigenvalue weighted by Gasteiger charge is -2.34. The molecule has 0 radical (unpaired) electrons. The van der Waals surface area contributed by atoms with Gasteiger partial charge in [-0.25, -0.2) is 0 Å². The molecule has 0 saturated carbocycles. The number of nitrogens with zero attached hydrogens (tertiary/aromatic N) is 1. The average Bonchev–Trinajstić information content (AvgIpc) is 2.29. The number of rotatable bonds is 2. The summed E-state index contributed by atoms with van der Waals surface area (Å²) in [5.74, 6) is 0.878. The quantitative estimate of drug-likeness (QED) is 0.809. The van der Waals surface area contributed by atoms with Crippen LogP contribution in [0.15, 0.2) is 24.3 Å². The van der Waals surface area contributed by atoms with Crippen LogP contribution in [0.25, 0.3) is 0 Å². The van der Waals surface area contributed by atoms with Crippen LogP contribution in [0.3, 0.4) is 0 Å². The first-order valence-corrected chi connectivity index (χ1v) is 5.39. The van der Waals surface area contributed by atoms with Gasteiger partial charge < -0.3 is 15.0 Å². The highest BCUT2D eigenvalue weighted by molar-refractivity contribution is 5.96. The first-order valence-electron chi connectivity index (χ1n) is 5.39. The number of carbonyl (C=O) groups is 1. The Kier molecular flexibility index (Phi) is 3.10. The molecular formula is C12H16N2O2. The maximum absolute atomic E-state index is 11.8. The fraction of sp³-hybridized carbons (Fsp3) is 0.417. The molecule has 0 unspecified atom stereocenters. The van der Waals surface area contributed by atoms with Gasteiger partial charge in [0.25, 0.3) is 0 Å². The van der Waals surface area contributed by atoms with Crippen molar-refractivity contribution in [2.45, 2.75) is 13.0 Å². The molecule has 2 rings (SSSR count). The van der Waals surface area contributed by atoms with Crippen molar-refractivity contribution < 1.29 is 9.53 Å². The molecular weight excluding hydrogens is 204 g/mol. The second-order valence-corrected chi connectivity index (χ2v) is 3.95. The summed E-state index contributed by atoms with van der Waals surface area (Å²) in [5, 5.41) is 3.09. The normalized spacial score (nSPS) is 21.0. The van der Waals surface area contributed by atoms with Crippen molar-refractivity contribution in [3.63, 3.8) is 0 Å². The minimum Gasteiger partial charge on any atom is -0.497 e. The van der Waals surface area contributed by atoms with E-state index in [-0.39, 0.29) is 11.9 Å². The fourth-order valence-electron chi connectivity index (χ4n) is 1.97. The summed E-state index contributed by atoms with van der Waals surface area (Å²) in [6.45, 7) is 3.26. The third-order valence-electron chi connectivity index (χ3n) is 2.76. The van der Waals surface area contributed by atoms with Crippen LogP contribution in [0, 0.1) is 0 Å². The SMILES string of the molecule is COc1cccc(N2C(=O)CNC[C@@H]2C)c1. The van der Waals surface area contributed by atoms with E-state index in [9.17, 15) is 4.79 Å². The van der Waals surface area contributed by atoms with Crippen molar-refractivity contribution in [2.24, 2.45) is 0 Å². The Labute approximate surface area is 95.2 Å². The van der Waals surface area contributed by atoms with Gasteiger partial charge in [0.2, 0.25) is 5.91 Å². The molecule has 1 amide bonds. The molecule has 1 aromatic rings. The third-order valence-corrected chi connectivity index (χ3v) is 2.76. The standard InChI is InChI=1S/C12H16N2O2/c1-9-7-13-8-12(15)14(9)10-4-3-5-11(6-10)16-2/h3-6,9,13H,7-8H2,1-2H3/t9-/m0/s1. The monoisotopic (exact) mass is 220 g/mol. The Balaban J connectivity index is 2.30. The summed E-state index contributed by atoms with van der Waals surface area (Å²) in [6.07, 6.45) is 0. The van der Waals surface area contributed by atoms with Crippen molar-refractivity contribution in [2.75, 3.05) is 25.1 Å². The number of hydrogen-bond acceptors (Lipinski definition) is 3. The van der Waals surface area contributed by atoms with E-state index in [1.807, 2.05) is 36.1 Å². The van der Waals surface area contributed by atoms with E-state index in [1.54, 1.807) is 7.11 Å². The lowest BCUT2D eigenvalue weighted by atomic mass is 10.1. The fourth-order valence-corrected chi connectivity index (χ4v) is 1.97. The number of anilines is 1. The summed E-state index contributed by atoms with van der Waals surface area (Å²) >= 11 is 0. The first kappa shape index (κ1) is 11.0. The van der Waals surface area contributed by atoms with Crippen LogP contribution in [0.1, 0.15) is 6.92 Å². The van der Waals surface area contributed by atoms with Crippen LogP contribution in [0.2, 0.25) is 0 Å². The Morgan fingerprint density at radius 1 is 1.50 bits per heavy atom. The largest absolute Gasteiger partial charge is 0.497 e. The van der Waals surface area contributed by atoms with E-state index in [0.29, 0.717) is 6.54 Å². The summed E-state index contributed by atoms with van der Waals surface area (Å²) in [5.41, 5.74) is 0.901. The van der Waals surface area contributed by atoms with Gasteiger partial charge in [-0.2, -0.15) is 0 Å². The number of nitrogens with one attached hydrogen (secondary N) is 1. The zero-order chi connectivity index (χ0) is 11.5. The molecule has 1 fully saturated rings. The molecule has 0 spiro atoms. The molecule has 0 aliphatic carbocycles. The summed E-state index contributed by atoms with van der Waals surface area (Å²) < 4.78 is 5.16. The summed E-state index contributed by atoms with van der Waals surface area (Å²) in [7, 11) is 1.63. The van der Waals surface area contributed by atoms with Gasteiger partial charge in [0.15, 0.2) is 0 Å². The molecule has 1 saturated heterocycles. The first-order chi connectivity index (χ1) is 7.72. The molecule has 1 atom stereocenters. The van der Waals surface area contributed by atoms with Crippen molar-refractivity contribution in [1.29, 1.82) is 0 Å². The van der Waals surface area contributed by atoms with E-state index in [4.69, 9.17) is 4.74 Å². The Morgan fingerprint density at radius 2 is 2.31 bits per heavy atom. The third kappa shape index (κ3) is 2.02. The topological polar surface area (TPSA) is 41.6 Å². The van der Waals surface area contributed by atoms with E-state index >= 15 is 0 Å². The van der Waals surface area contributed by atoms with Gasteiger partial charge in [-0.15, -0.1) is 0 Å². The average molecular weight is 220 g/mol. The Hall–Kier alpha value is -1.55. The molecule has 1 aliphatic rings. The van der Waals surface area contributed by atoms with Gasteiger partial charge >= 0.3 is 0 Å². The highest BCUT2D eigenvalue weighted by atomic mass is 16.5. The van der Waals surface area contributed by atoms with Crippen molar-refractivity contribution >= 4 is 11.6 Å². The molecule has 1 aliphatic heterocycles. The van der Waals surface area contributed by atoms with Crippen molar-refractivity contribution in [1.82, 2.24) is 5.32 Å². The van der Waals surface area contributed by atoms with E-state index in [2.05, 4.69) is 5.32 Å². The second-order valence-electron chi connectivity index (χ2n) is 3.95. The van der Waals surface area contributed by atoms with Crippen molar-refractivity contribution in [3.05, 3.63) is 24.3 Å². The van der Waals surface area contributed by atoms with Gasteiger partial charge in [-0.1, -0.05) is 6.07 Å². The molecule has 1 N–H and O–H groups in total. The molecule has 0 bridgehead atoms. The Morgan fingerprint density at radius 3 is 3.00 bits per heavy atom. The highest BCUT2D eigenvalue weighted by Crippen LogP contribution is 2.23. The predicted molar refractivity (Wildman–Crippen MR) is 62.8 cm³/mol. The van der Waals surface area contributed by atoms with Crippen LogP contribution in [-0.4, -0.2) is 32.1 Å². The molecule has 1 heterocycles. The smallest absolute Gasteiger partial charge is 0.241 e. The molecule has 4 heteroatoms. The van der Waals surface area contributed by atoms with Gasteiger partial charge in [0.05, 0.1) is 13.7 Å². The lowest BCUT2D eigenvalue weighted by Crippen LogP contribution is -2.53. The minimum atomic E-state index is 0.104. The van der Waals surface area contributed by atoms with Gasteiger partial charge in [0.1, 0.15) is 5.75 Å². The Bertz CT molecular complexity index is 392. The number of methoxy groups -OCH3 is 1. The molecule has 86 valence electrons. The van der Waals surface area contributed by atoms with Gasteiger partial charge in [-0.3, -0.25) is 4.79 Å².